The highest BCUT2D eigenvalue weighted by atomic mass is 16.4. The lowest BCUT2D eigenvalue weighted by atomic mass is 10.2. The first-order valence-electron chi connectivity index (χ1n) is 4.75. The molecule has 0 heterocycles. The van der Waals surface area contributed by atoms with Crippen LogP contribution in [0.1, 0.15) is 32.6 Å². The third-order valence-electron chi connectivity index (χ3n) is 1.91. The Hall–Kier alpha value is -0.610. The van der Waals surface area contributed by atoms with Crippen molar-refractivity contribution in [3.63, 3.8) is 0 Å². The van der Waals surface area contributed by atoms with E-state index in [4.69, 9.17) is 10.2 Å². The molecule has 1 unspecified atom stereocenters. The van der Waals surface area contributed by atoms with Gasteiger partial charge in [-0.3, -0.25) is 4.79 Å². The predicted molar refractivity (Wildman–Crippen MR) is 50.7 cm³/mol. The van der Waals surface area contributed by atoms with Crippen LogP contribution in [-0.2, 0) is 4.79 Å². The van der Waals surface area contributed by atoms with E-state index in [1.807, 2.05) is 0 Å². The smallest absolute Gasteiger partial charge is 0.320 e. The van der Waals surface area contributed by atoms with Crippen molar-refractivity contribution in [3.05, 3.63) is 0 Å². The maximum absolute atomic E-state index is 10.4. The average Bonchev–Trinajstić information content (AvgIpc) is 2.10. The van der Waals surface area contributed by atoms with Gasteiger partial charge < -0.3 is 15.5 Å². The van der Waals surface area contributed by atoms with Crippen LogP contribution >= 0.6 is 0 Å². The van der Waals surface area contributed by atoms with E-state index < -0.39 is 12.0 Å². The molecule has 1 atom stereocenters. The Balaban J connectivity index is 3.11. The number of unbranched alkanes of at least 4 members (excludes halogenated alkanes) is 3. The zero-order valence-electron chi connectivity index (χ0n) is 8.12. The lowest BCUT2D eigenvalue weighted by Crippen LogP contribution is -2.34. The fourth-order valence-electron chi connectivity index (χ4n) is 0.996. The third-order valence-corrected chi connectivity index (χ3v) is 1.91. The van der Waals surface area contributed by atoms with Gasteiger partial charge in [0.15, 0.2) is 0 Å². The van der Waals surface area contributed by atoms with Crippen LogP contribution in [0.3, 0.4) is 0 Å². The number of carboxylic acids is 1. The maximum atomic E-state index is 10.4. The number of aliphatic carboxylic acids is 1. The quantitative estimate of drug-likeness (QED) is 0.489. The summed E-state index contributed by atoms with van der Waals surface area (Å²) in [6.45, 7) is 2.62. The number of rotatable bonds is 8. The van der Waals surface area contributed by atoms with Gasteiger partial charge in [-0.1, -0.05) is 12.8 Å². The summed E-state index contributed by atoms with van der Waals surface area (Å²) >= 11 is 0. The van der Waals surface area contributed by atoms with Crippen molar-refractivity contribution in [3.8, 4) is 0 Å². The zero-order valence-corrected chi connectivity index (χ0v) is 8.12. The first-order valence-corrected chi connectivity index (χ1v) is 4.75. The number of hydrogen-bond donors (Lipinski definition) is 3. The fourth-order valence-corrected chi connectivity index (χ4v) is 0.996. The van der Waals surface area contributed by atoms with Gasteiger partial charge in [0.1, 0.15) is 6.04 Å². The molecular formula is C9H19NO3. The minimum absolute atomic E-state index is 0.249. The molecule has 0 amide bonds. The van der Waals surface area contributed by atoms with Crippen molar-refractivity contribution in [1.82, 2.24) is 5.32 Å². The summed E-state index contributed by atoms with van der Waals surface area (Å²) in [6, 6.07) is -0.460. The molecule has 0 radical (unpaired) electrons. The van der Waals surface area contributed by atoms with E-state index in [1.54, 1.807) is 6.92 Å². The van der Waals surface area contributed by atoms with E-state index in [0.717, 1.165) is 32.2 Å². The molecule has 78 valence electrons. The lowest BCUT2D eigenvalue weighted by Gasteiger charge is -2.07. The van der Waals surface area contributed by atoms with E-state index in [1.165, 1.54) is 0 Å². The molecule has 0 spiro atoms. The second-order valence-electron chi connectivity index (χ2n) is 3.15. The SMILES string of the molecule is CC(NCCCCCCO)C(=O)O. The van der Waals surface area contributed by atoms with Crippen LogP contribution < -0.4 is 5.32 Å². The van der Waals surface area contributed by atoms with Crippen molar-refractivity contribution in [2.24, 2.45) is 0 Å². The molecule has 4 nitrogen and oxygen atoms in total. The van der Waals surface area contributed by atoms with E-state index in [9.17, 15) is 4.79 Å². The Morgan fingerprint density at radius 1 is 1.31 bits per heavy atom. The van der Waals surface area contributed by atoms with Crippen LogP contribution in [0.15, 0.2) is 0 Å². The van der Waals surface area contributed by atoms with E-state index >= 15 is 0 Å². The summed E-state index contributed by atoms with van der Waals surface area (Å²) < 4.78 is 0. The molecule has 13 heavy (non-hydrogen) atoms. The molecule has 0 rings (SSSR count). The van der Waals surface area contributed by atoms with Crippen LogP contribution in [0.4, 0.5) is 0 Å². The first-order chi connectivity index (χ1) is 6.18. The molecule has 0 aromatic heterocycles. The predicted octanol–water partition coefficient (Wildman–Crippen LogP) is 0.602. The average molecular weight is 189 g/mol. The van der Waals surface area contributed by atoms with Crippen LogP contribution in [0.25, 0.3) is 0 Å². The summed E-state index contributed by atoms with van der Waals surface area (Å²) in [5, 5.41) is 19.9. The summed E-state index contributed by atoms with van der Waals surface area (Å²) in [5.74, 6) is -0.810. The minimum atomic E-state index is -0.810. The molecule has 0 aliphatic carbocycles. The molecule has 0 aliphatic rings. The number of carbonyl (C=O) groups is 1. The van der Waals surface area contributed by atoms with Crippen LogP contribution in [0.2, 0.25) is 0 Å². The standard InChI is InChI=1S/C9H19NO3/c1-8(9(12)13)10-6-4-2-3-5-7-11/h8,10-11H,2-7H2,1H3,(H,12,13). The van der Waals surface area contributed by atoms with Gasteiger partial charge in [0, 0.05) is 6.61 Å². The molecule has 0 saturated heterocycles. The van der Waals surface area contributed by atoms with Gasteiger partial charge in [-0.2, -0.15) is 0 Å². The third kappa shape index (κ3) is 7.74. The zero-order chi connectivity index (χ0) is 10.1. The van der Waals surface area contributed by atoms with Gasteiger partial charge in [-0.25, -0.2) is 0 Å². The van der Waals surface area contributed by atoms with Crippen molar-refractivity contribution in [2.45, 2.75) is 38.6 Å². The topological polar surface area (TPSA) is 69.6 Å². The Labute approximate surface area is 79.0 Å². The highest BCUT2D eigenvalue weighted by Crippen LogP contribution is 1.97. The number of nitrogens with one attached hydrogen (secondary N) is 1. The minimum Gasteiger partial charge on any atom is -0.480 e. The highest BCUT2D eigenvalue weighted by molar-refractivity contribution is 5.72. The van der Waals surface area contributed by atoms with Gasteiger partial charge in [-0.05, 0) is 26.3 Å². The normalized spacial score (nSPS) is 12.8. The van der Waals surface area contributed by atoms with Crippen molar-refractivity contribution in [2.75, 3.05) is 13.2 Å². The summed E-state index contributed by atoms with van der Waals surface area (Å²) in [5.41, 5.74) is 0. The van der Waals surface area contributed by atoms with Crippen LogP contribution in [-0.4, -0.2) is 35.4 Å². The number of aliphatic hydroxyl groups excluding tert-OH is 1. The van der Waals surface area contributed by atoms with Gasteiger partial charge in [0.25, 0.3) is 0 Å². The Kier molecular flexibility index (Phi) is 7.63. The van der Waals surface area contributed by atoms with Gasteiger partial charge in [0.2, 0.25) is 0 Å². The second kappa shape index (κ2) is 8.01. The Morgan fingerprint density at radius 3 is 2.46 bits per heavy atom. The molecule has 0 bridgehead atoms. The van der Waals surface area contributed by atoms with Gasteiger partial charge >= 0.3 is 5.97 Å². The molecule has 3 N–H and O–H groups in total. The largest absolute Gasteiger partial charge is 0.480 e. The maximum Gasteiger partial charge on any atom is 0.320 e. The summed E-state index contributed by atoms with van der Waals surface area (Å²) in [4.78, 5) is 10.4. The van der Waals surface area contributed by atoms with Crippen LogP contribution in [0, 0.1) is 0 Å². The molecule has 0 fully saturated rings. The lowest BCUT2D eigenvalue weighted by molar-refractivity contribution is -0.138. The molecule has 0 aliphatic heterocycles. The van der Waals surface area contributed by atoms with E-state index in [2.05, 4.69) is 5.32 Å². The second-order valence-corrected chi connectivity index (χ2v) is 3.15. The number of carboxylic acid groups (broad SMARTS) is 1. The van der Waals surface area contributed by atoms with E-state index in [-0.39, 0.29) is 6.61 Å². The Morgan fingerprint density at radius 2 is 1.92 bits per heavy atom. The van der Waals surface area contributed by atoms with Gasteiger partial charge in [-0.15, -0.1) is 0 Å². The number of aliphatic hydroxyl groups is 1. The first kappa shape index (κ1) is 12.4. The number of hydrogen-bond acceptors (Lipinski definition) is 3. The van der Waals surface area contributed by atoms with Gasteiger partial charge in [0.05, 0.1) is 0 Å². The van der Waals surface area contributed by atoms with Crippen molar-refractivity contribution in [1.29, 1.82) is 0 Å². The molecule has 4 heteroatoms. The monoisotopic (exact) mass is 189 g/mol. The molecule has 0 saturated carbocycles. The highest BCUT2D eigenvalue weighted by Gasteiger charge is 2.07. The van der Waals surface area contributed by atoms with Crippen molar-refractivity contribution < 1.29 is 15.0 Å². The molecular weight excluding hydrogens is 170 g/mol. The summed E-state index contributed by atoms with van der Waals surface area (Å²) in [7, 11) is 0. The van der Waals surface area contributed by atoms with E-state index in [0.29, 0.717) is 0 Å². The summed E-state index contributed by atoms with van der Waals surface area (Å²) in [6.07, 6.45) is 3.87. The van der Waals surface area contributed by atoms with Crippen LogP contribution in [0.5, 0.6) is 0 Å². The fraction of sp³-hybridized carbons (Fsp3) is 0.889. The Bertz CT molecular complexity index is 139. The molecule has 0 aromatic rings. The molecule has 0 aromatic carbocycles. The van der Waals surface area contributed by atoms with Crippen molar-refractivity contribution >= 4 is 5.97 Å².